The van der Waals surface area contributed by atoms with Crippen LogP contribution in [0.25, 0.3) is 11.4 Å². The molecule has 11 heteroatoms. The number of amides is 1. The van der Waals surface area contributed by atoms with Gasteiger partial charge in [0.1, 0.15) is 17.6 Å². The lowest BCUT2D eigenvalue weighted by Crippen LogP contribution is -2.47. The van der Waals surface area contributed by atoms with Gasteiger partial charge < -0.3 is 14.6 Å². The molecule has 0 saturated heterocycles. The van der Waals surface area contributed by atoms with Gasteiger partial charge in [-0.3, -0.25) is 9.10 Å². The van der Waals surface area contributed by atoms with E-state index in [1.54, 1.807) is 31.4 Å². The quantitative estimate of drug-likeness (QED) is 0.563. The number of benzene rings is 2. The molecule has 0 radical (unpaired) electrons. The Bertz CT molecular complexity index is 1160. The fourth-order valence-electron chi connectivity index (χ4n) is 2.91. The van der Waals surface area contributed by atoms with Gasteiger partial charge in [0.2, 0.25) is 27.6 Å². The molecule has 0 unspecified atom stereocenters. The van der Waals surface area contributed by atoms with Crippen LogP contribution in [0.4, 0.5) is 10.1 Å². The lowest BCUT2D eigenvalue weighted by atomic mass is 10.2. The second-order valence-electron chi connectivity index (χ2n) is 6.67. The standard InChI is InChI=1S/C20H21FN4O5S/c1-13(25(31(3,27)28)16-9-7-15(21)8-10-16)20(26)22-12-18-23-19(24-30-18)14-5-4-6-17(11-14)29-2/h4-11,13H,12H2,1-3H3,(H,22,26)/t13-/m0/s1. The van der Waals surface area contributed by atoms with Gasteiger partial charge in [-0.05, 0) is 43.3 Å². The average Bonchev–Trinajstić information content (AvgIpc) is 3.21. The summed E-state index contributed by atoms with van der Waals surface area (Å²) in [5.74, 6) is -0.00705. The number of sulfonamides is 1. The summed E-state index contributed by atoms with van der Waals surface area (Å²) in [6.45, 7) is 1.33. The molecule has 0 aliphatic heterocycles. The number of rotatable bonds is 8. The first-order valence-corrected chi connectivity index (χ1v) is 11.0. The maximum atomic E-state index is 13.2. The van der Waals surface area contributed by atoms with Crippen LogP contribution in [0, 0.1) is 5.82 Å². The second-order valence-corrected chi connectivity index (χ2v) is 8.53. The summed E-state index contributed by atoms with van der Waals surface area (Å²) in [4.78, 5) is 16.8. The maximum Gasteiger partial charge on any atom is 0.246 e. The third kappa shape index (κ3) is 5.37. The Morgan fingerprint density at radius 1 is 1.26 bits per heavy atom. The highest BCUT2D eigenvalue weighted by molar-refractivity contribution is 7.92. The first-order valence-electron chi connectivity index (χ1n) is 9.18. The van der Waals surface area contributed by atoms with Gasteiger partial charge in [0, 0.05) is 5.56 Å². The summed E-state index contributed by atoms with van der Waals surface area (Å²) >= 11 is 0. The van der Waals surface area contributed by atoms with Crippen molar-refractivity contribution in [1.29, 1.82) is 0 Å². The summed E-state index contributed by atoms with van der Waals surface area (Å²) in [5.41, 5.74) is 0.846. The molecule has 1 amide bonds. The van der Waals surface area contributed by atoms with E-state index in [0.717, 1.165) is 22.7 Å². The number of hydrogen-bond donors (Lipinski definition) is 1. The van der Waals surface area contributed by atoms with Crippen LogP contribution in [-0.4, -0.2) is 43.9 Å². The van der Waals surface area contributed by atoms with E-state index in [1.807, 2.05) is 0 Å². The van der Waals surface area contributed by atoms with Gasteiger partial charge in [0.25, 0.3) is 0 Å². The summed E-state index contributed by atoms with van der Waals surface area (Å²) in [7, 11) is -2.26. The van der Waals surface area contributed by atoms with Gasteiger partial charge in [-0.25, -0.2) is 12.8 Å². The van der Waals surface area contributed by atoms with E-state index in [0.29, 0.717) is 17.1 Å². The van der Waals surface area contributed by atoms with Crippen LogP contribution in [0.15, 0.2) is 53.1 Å². The van der Waals surface area contributed by atoms with Gasteiger partial charge >= 0.3 is 0 Å². The highest BCUT2D eigenvalue weighted by Crippen LogP contribution is 2.22. The molecule has 1 heterocycles. The molecule has 3 aromatic rings. The molecule has 1 N–H and O–H groups in total. The van der Waals surface area contributed by atoms with Crippen LogP contribution in [0.5, 0.6) is 5.75 Å². The second kappa shape index (κ2) is 9.13. The molecule has 31 heavy (non-hydrogen) atoms. The summed E-state index contributed by atoms with van der Waals surface area (Å²) in [6.07, 6.45) is 0.971. The van der Waals surface area contributed by atoms with Crippen LogP contribution in [0.2, 0.25) is 0 Å². The van der Waals surface area contributed by atoms with Gasteiger partial charge in [0.05, 0.1) is 25.6 Å². The van der Waals surface area contributed by atoms with E-state index >= 15 is 0 Å². The van der Waals surface area contributed by atoms with Gasteiger partial charge in [0.15, 0.2) is 0 Å². The van der Waals surface area contributed by atoms with Crippen molar-refractivity contribution < 1.29 is 26.9 Å². The van der Waals surface area contributed by atoms with Crippen molar-refractivity contribution in [2.24, 2.45) is 0 Å². The Hall–Kier alpha value is -3.47. The van der Waals surface area contributed by atoms with Gasteiger partial charge in [-0.2, -0.15) is 4.98 Å². The SMILES string of the molecule is COc1cccc(-c2noc(CNC(=O)[C@H](C)N(c3ccc(F)cc3)S(C)(=O)=O)n2)c1. The smallest absolute Gasteiger partial charge is 0.246 e. The minimum absolute atomic E-state index is 0.0961. The monoisotopic (exact) mass is 448 g/mol. The zero-order chi connectivity index (χ0) is 22.6. The number of carbonyl (C=O) groups excluding carboxylic acids is 1. The molecule has 164 valence electrons. The van der Waals surface area contributed by atoms with E-state index in [4.69, 9.17) is 9.26 Å². The number of nitrogens with one attached hydrogen (secondary N) is 1. The predicted molar refractivity (Wildman–Crippen MR) is 111 cm³/mol. The first kappa shape index (κ1) is 22.2. The first-order chi connectivity index (χ1) is 14.7. The molecular weight excluding hydrogens is 427 g/mol. The molecule has 9 nitrogen and oxygen atoms in total. The molecule has 0 aliphatic carbocycles. The number of hydrogen-bond acceptors (Lipinski definition) is 7. The molecule has 1 atom stereocenters. The van der Waals surface area contributed by atoms with Crippen LogP contribution in [-0.2, 0) is 21.4 Å². The lowest BCUT2D eigenvalue weighted by Gasteiger charge is -2.28. The van der Waals surface area contributed by atoms with E-state index in [2.05, 4.69) is 15.5 Å². The minimum Gasteiger partial charge on any atom is -0.497 e. The predicted octanol–water partition coefficient (Wildman–Crippen LogP) is 2.36. The van der Waals surface area contributed by atoms with E-state index in [-0.39, 0.29) is 18.1 Å². The Morgan fingerprint density at radius 3 is 2.61 bits per heavy atom. The molecule has 0 fully saturated rings. The zero-order valence-corrected chi connectivity index (χ0v) is 17.9. The zero-order valence-electron chi connectivity index (χ0n) is 17.1. The van der Waals surface area contributed by atoms with E-state index in [1.165, 1.54) is 19.1 Å². The molecule has 0 aliphatic rings. The number of methoxy groups -OCH3 is 1. The Kier molecular flexibility index (Phi) is 6.54. The highest BCUT2D eigenvalue weighted by atomic mass is 32.2. The lowest BCUT2D eigenvalue weighted by molar-refractivity contribution is -0.122. The van der Waals surface area contributed by atoms with Crippen LogP contribution in [0.3, 0.4) is 0 Å². The fraction of sp³-hybridized carbons (Fsp3) is 0.250. The normalized spacial score (nSPS) is 12.3. The topological polar surface area (TPSA) is 115 Å². The van der Waals surface area contributed by atoms with E-state index < -0.39 is 27.8 Å². The number of nitrogens with zero attached hydrogens (tertiary/aromatic N) is 3. The van der Waals surface area contributed by atoms with E-state index in [9.17, 15) is 17.6 Å². The van der Waals surface area contributed by atoms with Crippen molar-refractivity contribution in [3.8, 4) is 17.1 Å². The van der Waals surface area contributed by atoms with Crippen LogP contribution >= 0.6 is 0 Å². The number of aromatic nitrogens is 2. The third-order valence-corrected chi connectivity index (χ3v) is 5.62. The summed E-state index contributed by atoms with van der Waals surface area (Å²) in [5, 5.41) is 6.46. The molecular formula is C20H21FN4O5S. The van der Waals surface area contributed by atoms with Crippen molar-refractivity contribution in [1.82, 2.24) is 15.5 Å². The third-order valence-electron chi connectivity index (χ3n) is 4.38. The largest absolute Gasteiger partial charge is 0.497 e. The van der Waals surface area contributed by atoms with Crippen molar-refractivity contribution >= 4 is 21.6 Å². The molecule has 0 saturated carbocycles. The molecule has 3 rings (SSSR count). The number of ether oxygens (including phenoxy) is 1. The van der Waals surface area contributed by atoms with Gasteiger partial charge in [-0.1, -0.05) is 17.3 Å². The Balaban J connectivity index is 1.70. The Morgan fingerprint density at radius 2 is 1.97 bits per heavy atom. The van der Waals surface area contributed by atoms with Crippen molar-refractivity contribution in [3.05, 3.63) is 60.2 Å². The maximum absolute atomic E-state index is 13.2. The number of halogens is 1. The average molecular weight is 448 g/mol. The molecule has 1 aromatic heterocycles. The minimum atomic E-state index is -3.81. The highest BCUT2D eigenvalue weighted by Gasteiger charge is 2.29. The molecule has 0 bridgehead atoms. The van der Waals surface area contributed by atoms with Crippen molar-refractivity contribution in [2.45, 2.75) is 19.5 Å². The fourth-order valence-corrected chi connectivity index (χ4v) is 4.09. The van der Waals surface area contributed by atoms with Crippen molar-refractivity contribution in [3.63, 3.8) is 0 Å². The summed E-state index contributed by atoms with van der Waals surface area (Å²) < 4.78 is 48.9. The number of carbonyl (C=O) groups is 1. The van der Waals surface area contributed by atoms with Crippen LogP contribution in [0.1, 0.15) is 12.8 Å². The molecule has 2 aromatic carbocycles. The molecule has 0 spiro atoms. The number of anilines is 1. The van der Waals surface area contributed by atoms with Crippen molar-refractivity contribution in [2.75, 3.05) is 17.7 Å². The Labute approximate surface area is 178 Å². The van der Waals surface area contributed by atoms with Gasteiger partial charge in [-0.15, -0.1) is 0 Å². The van der Waals surface area contributed by atoms with Crippen LogP contribution < -0.4 is 14.4 Å². The summed E-state index contributed by atoms with van der Waals surface area (Å²) in [6, 6.07) is 10.8.